The Hall–Kier alpha value is -3.64. The van der Waals surface area contributed by atoms with Gasteiger partial charge in [-0.2, -0.15) is 28.1 Å². The van der Waals surface area contributed by atoms with E-state index >= 15 is 0 Å². The molecule has 4 N–H and O–H groups in total. The van der Waals surface area contributed by atoms with Crippen molar-refractivity contribution in [3.8, 4) is 6.01 Å². The minimum absolute atomic E-state index is 0.0119. The van der Waals surface area contributed by atoms with Crippen LogP contribution in [-0.2, 0) is 6.54 Å². The molecule has 0 spiro atoms. The molecular weight excluding hydrogens is 523 g/mol. The molecule has 9 nitrogen and oxygen atoms in total. The normalized spacial score (nSPS) is 12.1. The van der Waals surface area contributed by atoms with Crippen LogP contribution in [0, 0.1) is 0 Å². The van der Waals surface area contributed by atoms with Gasteiger partial charge in [-0.1, -0.05) is 23.7 Å². The van der Waals surface area contributed by atoms with Gasteiger partial charge in [0, 0.05) is 28.9 Å². The zero-order chi connectivity index (χ0) is 27.5. The summed E-state index contributed by atoms with van der Waals surface area (Å²) in [5.41, 5.74) is 1.83. The van der Waals surface area contributed by atoms with Crippen molar-refractivity contribution in [1.82, 2.24) is 25.6 Å². The lowest BCUT2D eigenvalue weighted by Crippen LogP contribution is -2.33. The maximum atomic E-state index is 12.7. The molecule has 1 aromatic heterocycles. The van der Waals surface area contributed by atoms with Crippen LogP contribution in [0.4, 0.5) is 30.8 Å². The van der Waals surface area contributed by atoms with Crippen LogP contribution in [0.5, 0.6) is 6.01 Å². The predicted octanol–water partition coefficient (Wildman–Crippen LogP) is 4.94. The number of carbonyl (C=O) groups excluding carboxylic acids is 1. The zero-order valence-electron chi connectivity index (χ0n) is 20.9. The Labute approximate surface area is 223 Å². The van der Waals surface area contributed by atoms with Gasteiger partial charge in [0.15, 0.2) is 6.61 Å². The molecule has 0 aliphatic carbocycles. The molecular formula is C25H29ClF3N7O2. The summed E-state index contributed by atoms with van der Waals surface area (Å²) in [5, 5.41) is 12.4. The second kappa shape index (κ2) is 13.8. The van der Waals surface area contributed by atoms with Crippen LogP contribution in [0.15, 0.2) is 48.5 Å². The van der Waals surface area contributed by atoms with Crippen molar-refractivity contribution in [2.24, 2.45) is 0 Å². The maximum absolute atomic E-state index is 12.7. The lowest BCUT2D eigenvalue weighted by Gasteiger charge is -2.14. The lowest BCUT2D eigenvalue weighted by molar-refractivity contribution is -0.154. The highest BCUT2D eigenvalue weighted by Crippen LogP contribution is 2.21. The van der Waals surface area contributed by atoms with E-state index in [0.29, 0.717) is 16.3 Å². The van der Waals surface area contributed by atoms with Crippen molar-refractivity contribution >= 4 is 35.1 Å². The monoisotopic (exact) mass is 551 g/mol. The minimum Gasteiger partial charge on any atom is -0.454 e. The molecule has 204 valence electrons. The number of nitrogens with zero attached hydrogens (tertiary/aromatic N) is 3. The Kier molecular flexibility index (Phi) is 10.5. The third-order valence-electron chi connectivity index (χ3n) is 5.19. The van der Waals surface area contributed by atoms with Gasteiger partial charge in [0.25, 0.3) is 5.91 Å². The first-order valence-electron chi connectivity index (χ1n) is 11.9. The fraction of sp³-hybridized carbons (Fsp3) is 0.360. The summed E-state index contributed by atoms with van der Waals surface area (Å²) >= 11 is 5.90. The SMILES string of the molecule is CNCCC[C@H](C)NC(=O)c1ccc(Nc2nc(NCc3ccc(Cl)cc3)nc(OCC(F)(F)F)n2)cc1. The first-order valence-corrected chi connectivity index (χ1v) is 12.3. The zero-order valence-corrected chi connectivity index (χ0v) is 21.7. The summed E-state index contributed by atoms with van der Waals surface area (Å²) in [6.07, 6.45) is -2.77. The van der Waals surface area contributed by atoms with Gasteiger partial charge >= 0.3 is 12.2 Å². The number of hydrogen-bond donors (Lipinski definition) is 4. The van der Waals surface area contributed by atoms with Gasteiger partial charge in [0.2, 0.25) is 11.9 Å². The van der Waals surface area contributed by atoms with E-state index in [1.807, 2.05) is 14.0 Å². The molecule has 0 bridgehead atoms. The molecule has 1 amide bonds. The number of nitrogens with one attached hydrogen (secondary N) is 4. The van der Waals surface area contributed by atoms with Gasteiger partial charge < -0.3 is 26.0 Å². The van der Waals surface area contributed by atoms with Crippen molar-refractivity contribution in [2.45, 2.75) is 38.5 Å². The fourth-order valence-electron chi connectivity index (χ4n) is 3.28. The largest absolute Gasteiger partial charge is 0.454 e. The van der Waals surface area contributed by atoms with Crippen LogP contribution in [-0.4, -0.2) is 53.3 Å². The molecule has 0 saturated heterocycles. The van der Waals surface area contributed by atoms with E-state index in [1.54, 1.807) is 48.5 Å². The van der Waals surface area contributed by atoms with Gasteiger partial charge in [0.1, 0.15) is 0 Å². The highest BCUT2D eigenvalue weighted by atomic mass is 35.5. The first kappa shape index (κ1) is 28.9. The van der Waals surface area contributed by atoms with E-state index in [2.05, 4.69) is 36.2 Å². The van der Waals surface area contributed by atoms with Crippen molar-refractivity contribution in [3.63, 3.8) is 0 Å². The van der Waals surface area contributed by atoms with Crippen LogP contribution in [0.2, 0.25) is 5.02 Å². The number of anilines is 3. The van der Waals surface area contributed by atoms with Gasteiger partial charge in [-0.25, -0.2) is 0 Å². The number of aromatic nitrogens is 3. The molecule has 0 radical (unpaired) electrons. The van der Waals surface area contributed by atoms with E-state index in [9.17, 15) is 18.0 Å². The predicted molar refractivity (Wildman–Crippen MR) is 140 cm³/mol. The summed E-state index contributed by atoms with van der Waals surface area (Å²) in [5.74, 6) is -0.228. The van der Waals surface area contributed by atoms with Gasteiger partial charge in [0.05, 0.1) is 0 Å². The average Bonchev–Trinajstić information content (AvgIpc) is 2.87. The average molecular weight is 552 g/mol. The molecule has 0 aliphatic heterocycles. The van der Waals surface area contributed by atoms with E-state index in [0.717, 1.165) is 24.9 Å². The second-order valence-corrected chi connectivity index (χ2v) is 8.91. The third-order valence-corrected chi connectivity index (χ3v) is 5.44. The van der Waals surface area contributed by atoms with Crippen LogP contribution in [0.1, 0.15) is 35.7 Å². The van der Waals surface area contributed by atoms with E-state index < -0.39 is 18.8 Å². The number of benzene rings is 2. The first-order chi connectivity index (χ1) is 18.1. The van der Waals surface area contributed by atoms with Crippen molar-refractivity contribution < 1.29 is 22.7 Å². The number of hydrogen-bond acceptors (Lipinski definition) is 8. The van der Waals surface area contributed by atoms with Crippen molar-refractivity contribution in [3.05, 3.63) is 64.7 Å². The Bertz CT molecular complexity index is 1180. The number of halogens is 4. The fourth-order valence-corrected chi connectivity index (χ4v) is 3.41. The summed E-state index contributed by atoms with van der Waals surface area (Å²) in [4.78, 5) is 24.6. The number of amides is 1. The molecule has 38 heavy (non-hydrogen) atoms. The lowest BCUT2D eigenvalue weighted by atomic mass is 10.1. The molecule has 1 atom stereocenters. The molecule has 3 rings (SSSR count). The molecule has 1 heterocycles. The topological polar surface area (TPSA) is 113 Å². The van der Waals surface area contributed by atoms with Crippen LogP contribution < -0.4 is 26.0 Å². The quantitative estimate of drug-likeness (QED) is 0.221. The van der Waals surface area contributed by atoms with Crippen molar-refractivity contribution in [1.29, 1.82) is 0 Å². The molecule has 0 aliphatic rings. The minimum atomic E-state index is -4.56. The van der Waals surface area contributed by atoms with Crippen LogP contribution in [0.25, 0.3) is 0 Å². The number of alkyl halides is 3. The Morgan fingerprint density at radius 3 is 2.37 bits per heavy atom. The molecule has 0 unspecified atom stereocenters. The van der Waals surface area contributed by atoms with Gasteiger partial charge in [-0.15, -0.1) is 0 Å². The molecule has 0 saturated carbocycles. The number of ether oxygens (including phenoxy) is 1. The Morgan fingerprint density at radius 1 is 1.03 bits per heavy atom. The molecule has 3 aromatic rings. The number of rotatable bonds is 13. The number of carbonyl (C=O) groups is 1. The summed E-state index contributed by atoms with van der Waals surface area (Å²) in [6.45, 7) is 1.56. The Morgan fingerprint density at radius 2 is 1.71 bits per heavy atom. The van der Waals surface area contributed by atoms with E-state index in [1.165, 1.54) is 0 Å². The summed E-state index contributed by atoms with van der Waals surface area (Å²) in [7, 11) is 1.88. The second-order valence-electron chi connectivity index (χ2n) is 8.47. The summed E-state index contributed by atoms with van der Waals surface area (Å²) in [6, 6.07) is 13.1. The molecule has 0 fully saturated rings. The van der Waals surface area contributed by atoms with Crippen molar-refractivity contribution in [2.75, 3.05) is 30.8 Å². The van der Waals surface area contributed by atoms with Gasteiger partial charge in [-0.3, -0.25) is 4.79 Å². The summed E-state index contributed by atoms with van der Waals surface area (Å²) < 4.78 is 42.8. The van der Waals surface area contributed by atoms with Crippen LogP contribution in [0.3, 0.4) is 0 Å². The van der Waals surface area contributed by atoms with Crippen LogP contribution >= 0.6 is 11.6 Å². The highest BCUT2D eigenvalue weighted by Gasteiger charge is 2.29. The highest BCUT2D eigenvalue weighted by molar-refractivity contribution is 6.30. The third kappa shape index (κ3) is 10.0. The Balaban J connectivity index is 1.69. The van der Waals surface area contributed by atoms with Gasteiger partial charge in [-0.05, 0) is 75.3 Å². The molecule has 13 heteroatoms. The molecule has 2 aromatic carbocycles. The maximum Gasteiger partial charge on any atom is 0.422 e. The van der Waals surface area contributed by atoms with E-state index in [-0.39, 0.29) is 30.4 Å². The standard InChI is InChI=1S/C25H29ClF3N7O2/c1-16(4-3-13-30-2)32-21(37)18-7-11-20(12-8-18)33-23-34-22(31-14-17-5-9-19(26)10-6-17)35-24(36-23)38-15-25(27,28)29/h5-12,16,30H,3-4,13-15H2,1-2H3,(H,32,37)(H2,31,33,34,35,36)/t16-/m0/s1. The smallest absolute Gasteiger partial charge is 0.422 e. The van der Waals surface area contributed by atoms with E-state index in [4.69, 9.17) is 16.3 Å².